The summed E-state index contributed by atoms with van der Waals surface area (Å²) >= 11 is 0. The summed E-state index contributed by atoms with van der Waals surface area (Å²) in [5.41, 5.74) is 2.14. The third-order valence-electron chi connectivity index (χ3n) is 2.66. The zero-order valence-corrected chi connectivity index (χ0v) is 9.44. The second-order valence-corrected chi connectivity index (χ2v) is 3.87. The summed E-state index contributed by atoms with van der Waals surface area (Å²) in [5.74, 6) is -0.269. The highest BCUT2D eigenvalue weighted by Gasteiger charge is 2.28. The zero-order chi connectivity index (χ0) is 11.4. The largest absolute Gasteiger partial charge is 0.464 e. The minimum atomic E-state index is -0.531. The molecular weight excluding hydrogens is 204 g/mol. The van der Waals surface area contributed by atoms with Crippen LogP contribution < -0.4 is 0 Å². The number of rotatable bonds is 3. The number of carbonyl (C=O) groups excluding carboxylic acids is 1. The Kier molecular flexibility index (Phi) is 3.57. The summed E-state index contributed by atoms with van der Waals surface area (Å²) in [7, 11) is 0. The third-order valence-corrected chi connectivity index (χ3v) is 2.66. The van der Waals surface area contributed by atoms with Gasteiger partial charge in [-0.05, 0) is 24.0 Å². The fourth-order valence-corrected chi connectivity index (χ4v) is 1.87. The van der Waals surface area contributed by atoms with Crippen LogP contribution in [0, 0.1) is 0 Å². The van der Waals surface area contributed by atoms with Crippen molar-refractivity contribution in [3.05, 3.63) is 35.4 Å². The molecule has 0 saturated heterocycles. The molecule has 1 aromatic carbocycles. The molecule has 16 heavy (non-hydrogen) atoms. The van der Waals surface area contributed by atoms with Crippen LogP contribution in [0.15, 0.2) is 24.3 Å². The van der Waals surface area contributed by atoms with Crippen LogP contribution in [0.5, 0.6) is 0 Å². The van der Waals surface area contributed by atoms with Gasteiger partial charge in [0, 0.05) is 0 Å². The molecule has 1 atom stereocenters. The SMILES string of the molecule is CCCOC(=O)C1OCCc2ccccc21. The van der Waals surface area contributed by atoms with E-state index in [4.69, 9.17) is 9.47 Å². The molecule has 0 aromatic heterocycles. The highest BCUT2D eigenvalue weighted by atomic mass is 16.6. The lowest BCUT2D eigenvalue weighted by Crippen LogP contribution is -2.25. The Hall–Kier alpha value is -1.35. The van der Waals surface area contributed by atoms with E-state index in [1.165, 1.54) is 5.56 Å². The predicted octanol–water partition coefficient (Wildman–Crippen LogP) is 2.25. The van der Waals surface area contributed by atoms with Crippen molar-refractivity contribution in [2.24, 2.45) is 0 Å². The second-order valence-electron chi connectivity index (χ2n) is 3.87. The van der Waals surface area contributed by atoms with Crippen LogP contribution >= 0.6 is 0 Å². The molecule has 1 aliphatic heterocycles. The molecule has 0 amide bonds. The summed E-state index contributed by atoms with van der Waals surface area (Å²) in [6.07, 6.45) is 1.17. The van der Waals surface area contributed by atoms with Crippen LogP contribution in [0.25, 0.3) is 0 Å². The number of ether oxygens (including phenoxy) is 2. The maximum Gasteiger partial charge on any atom is 0.339 e. The van der Waals surface area contributed by atoms with Crippen molar-refractivity contribution < 1.29 is 14.3 Å². The quantitative estimate of drug-likeness (QED) is 0.733. The van der Waals surface area contributed by atoms with E-state index in [2.05, 4.69) is 0 Å². The van der Waals surface area contributed by atoms with Crippen LogP contribution in [0.2, 0.25) is 0 Å². The third kappa shape index (κ3) is 2.25. The zero-order valence-electron chi connectivity index (χ0n) is 9.44. The summed E-state index contributed by atoms with van der Waals surface area (Å²) in [6.45, 7) is 3.02. The summed E-state index contributed by atoms with van der Waals surface area (Å²) in [4.78, 5) is 11.8. The van der Waals surface area contributed by atoms with Crippen molar-refractivity contribution in [1.82, 2.24) is 0 Å². The minimum absolute atomic E-state index is 0.269. The normalized spacial score (nSPS) is 18.9. The fourth-order valence-electron chi connectivity index (χ4n) is 1.87. The van der Waals surface area contributed by atoms with Crippen molar-refractivity contribution in [1.29, 1.82) is 0 Å². The Balaban J connectivity index is 2.15. The van der Waals surface area contributed by atoms with Gasteiger partial charge in [-0.25, -0.2) is 4.79 Å². The van der Waals surface area contributed by atoms with Crippen molar-refractivity contribution in [3.63, 3.8) is 0 Å². The van der Waals surface area contributed by atoms with Crippen molar-refractivity contribution >= 4 is 5.97 Å². The van der Waals surface area contributed by atoms with Gasteiger partial charge in [0.25, 0.3) is 0 Å². The molecule has 1 aliphatic rings. The first-order valence-electron chi connectivity index (χ1n) is 5.69. The maximum atomic E-state index is 11.8. The molecule has 86 valence electrons. The highest BCUT2D eigenvalue weighted by molar-refractivity contribution is 5.77. The summed E-state index contributed by atoms with van der Waals surface area (Å²) < 4.78 is 10.6. The average molecular weight is 220 g/mol. The molecule has 0 N–H and O–H groups in total. The molecule has 0 bridgehead atoms. The highest BCUT2D eigenvalue weighted by Crippen LogP contribution is 2.27. The molecule has 0 saturated carbocycles. The van der Waals surface area contributed by atoms with Gasteiger partial charge in [0.15, 0.2) is 6.10 Å². The van der Waals surface area contributed by atoms with E-state index in [-0.39, 0.29) is 5.97 Å². The molecule has 3 heteroatoms. The van der Waals surface area contributed by atoms with Crippen molar-refractivity contribution in [2.75, 3.05) is 13.2 Å². The van der Waals surface area contributed by atoms with E-state index >= 15 is 0 Å². The van der Waals surface area contributed by atoms with E-state index < -0.39 is 6.10 Å². The molecule has 0 spiro atoms. The van der Waals surface area contributed by atoms with Gasteiger partial charge in [0.2, 0.25) is 0 Å². The number of benzene rings is 1. The number of carbonyl (C=O) groups is 1. The first kappa shape index (κ1) is 11.1. The lowest BCUT2D eigenvalue weighted by molar-refractivity contribution is -0.158. The minimum Gasteiger partial charge on any atom is -0.464 e. The van der Waals surface area contributed by atoms with Gasteiger partial charge in [0.1, 0.15) is 0 Å². The van der Waals surface area contributed by atoms with Crippen LogP contribution in [-0.2, 0) is 20.7 Å². The van der Waals surface area contributed by atoms with Gasteiger partial charge >= 0.3 is 5.97 Å². The Morgan fingerprint density at radius 2 is 2.31 bits per heavy atom. The summed E-state index contributed by atoms with van der Waals surface area (Å²) in [5, 5.41) is 0. The lowest BCUT2D eigenvalue weighted by Gasteiger charge is -2.24. The number of hydrogen-bond acceptors (Lipinski definition) is 3. The molecule has 0 aliphatic carbocycles. The molecule has 3 nitrogen and oxygen atoms in total. The van der Waals surface area contributed by atoms with E-state index in [0.717, 1.165) is 18.4 Å². The number of fused-ring (bicyclic) bond motifs is 1. The van der Waals surface area contributed by atoms with Gasteiger partial charge in [-0.15, -0.1) is 0 Å². The number of esters is 1. The van der Waals surface area contributed by atoms with Crippen LogP contribution in [0.4, 0.5) is 0 Å². The van der Waals surface area contributed by atoms with Gasteiger partial charge in [-0.3, -0.25) is 0 Å². The standard InChI is InChI=1S/C13H16O3/c1-2-8-16-13(14)12-11-6-4-3-5-10(11)7-9-15-12/h3-6,12H,2,7-9H2,1H3. The Morgan fingerprint density at radius 1 is 1.50 bits per heavy atom. The van der Waals surface area contributed by atoms with E-state index in [9.17, 15) is 4.79 Å². The monoisotopic (exact) mass is 220 g/mol. The van der Waals surface area contributed by atoms with Gasteiger partial charge in [0.05, 0.1) is 13.2 Å². The van der Waals surface area contributed by atoms with E-state index in [0.29, 0.717) is 13.2 Å². The topological polar surface area (TPSA) is 35.5 Å². The maximum absolute atomic E-state index is 11.8. The molecule has 0 radical (unpaired) electrons. The first-order valence-corrected chi connectivity index (χ1v) is 5.69. The van der Waals surface area contributed by atoms with Crippen LogP contribution in [0.1, 0.15) is 30.6 Å². The Morgan fingerprint density at radius 3 is 3.12 bits per heavy atom. The van der Waals surface area contributed by atoms with E-state index in [1.54, 1.807) is 0 Å². The molecular formula is C13H16O3. The molecule has 1 heterocycles. The molecule has 1 unspecified atom stereocenters. The molecule has 1 aromatic rings. The van der Waals surface area contributed by atoms with Crippen molar-refractivity contribution in [2.45, 2.75) is 25.9 Å². The molecule has 2 rings (SSSR count). The Labute approximate surface area is 95.4 Å². The Bertz CT molecular complexity index is 373. The van der Waals surface area contributed by atoms with Gasteiger partial charge in [-0.2, -0.15) is 0 Å². The van der Waals surface area contributed by atoms with Crippen LogP contribution in [0.3, 0.4) is 0 Å². The smallest absolute Gasteiger partial charge is 0.339 e. The number of hydrogen-bond donors (Lipinski definition) is 0. The molecule has 0 fully saturated rings. The fraction of sp³-hybridized carbons (Fsp3) is 0.462. The van der Waals surface area contributed by atoms with E-state index in [1.807, 2.05) is 31.2 Å². The van der Waals surface area contributed by atoms with Crippen LogP contribution in [-0.4, -0.2) is 19.2 Å². The van der Waals surface area contributed by atoms with Gasteiger partial charge in [-0.1, -0.05) is 31.2 Å². The predicted molar refractivity (Wildman–Crippen MR) is 60.1 cm³/mol. The lowest BCUT2D eigenvalue weighted by atomic mass is 9.98. The van der Waals surface area contributed by atoms with Gasteiger partial charge < -0.3 is 9.47 Å². The van der Waals surface area contributed by atoms with Crippen molar-refractivity contribution in [3.8, 4) is 0 Å². The first-order chi connectivity index (χ1) is 7.83. The summed E-state index contributed by atoms with van der Waals surface area (Å²) in [6, 6.07) is 7.89. The second kappa shape index (κ2) is 5.12. The average Bonchev–Trinajstić information content (AvgIpc) is 2.35.